The van der Waals surface area contributed by atoms with E-state index >= 15 is 0 Å². The summed E-state index contributed by atoms with van der Waals surface area (Å²) in [5, 5.41) is 3.38. The minimum absolute atomic E-state index is 0.193. The van der Waals surface area contributed by atoms with Gasteiger partial charge < -0.3 is 15.0 Å². The molecule has 168 valence electrons. The van der Waals surface area contributed by atoms with Crippen LogP contribution in [0.3, 0.4) is 0 Å². The molecule has 31 heavy (non-hydrogen) atoms. The maximum atomic E-state index is 12.0. The molecule has 1 amide bonds. The van der Waals surface area contributed by atoms with Crippen molar-refractivity contribution in [3.63, 3.8) is 0 Å². The largest absolute Gasteiger partial charge is 0.449 e. The monoisotopic (exact) mass is 445 g/mol. The zero-order valence-electron chi connectivity index (χ0n) is 18.2. The number of amides is 1. The standard InChI is InChI=1S/C23H31N3O4S/c1-3-4-15-30-23(27)26-13-11-18(12-14-26)16-24-22-10-7-20(17-25-22)19-5-8-21(9-6-19)31(2,28)29/h5-10,17-18H,3-4,11-16H2,1-2H3,(H,24,25). The smallest absolute Gasteiger partial charge is 0.409 e. The Bertz CT molecular complexity index is 951. The van der Waals surface area contributed by atoms with Gasteiger partial charge in [-0.15, -0.1) is 0 Å². The summed E-state index contributed by atoms with van der Waals surface area (Å²) in [6.07, 6.45) is 6.61. The third kappa shape index (κ3) is 6.69. The van der Waals surface area contributed by atoms with E-state index in [0.29, 0.717) is 17.4 Å². The number of hydrogen-bond acceptors (Lipinski definition) is 6. The van der Waals surface area contributed by atoms with Crippen LogP contribution in [0, 0.1) is 5.92 Å². The second kappa shape index (κ2) is 10.6. The molecule has 3 rings (SSSR count). The normalized spacial score (nSPS) is 15.0. The molecule has 0 spiro atoms. The highest BCUT2D eigenvalue weighted by Crippen LogP contribution is 2.23. The molecule has 1 aliphatic rings. The SMILES string of the molecule is CCCCOC(=O)N1CCC(CNc2ccc(-c3ccc(S(C)(=O)=O)cc3)cn2)CC1. The van der Waals surface area contributed by atoms with Crippen molar-refractivity contribution in [3.8, 4) is 11.1 Å². The molecule has 0 aliphatic carbocycles. The molecular formula is C23H31N3O4S. The number of anilines is 1. The van der Waals surface area contributed by atoms with Crippen LogP contribution in [0.15, 0.2) is 47.5 Å². The van der Waals surface area contributed by atoms with Crippen LogP contribution in [-0.2, 0) is 14.6 Å². The number of unbranched alkanes of at least 4 members (excludes halogenated alkanes) is 1. The van der Waals surface area contributed by atoms with Crippen molar-refractivity contribution < 1.29 is 17.9 Å². The second-order valence-corrected chi connectivity index (χ2v) is 10.0. The van der Waals surface area contributed by atoms with E-state index in [1.165, 1.54) is 6.26 Å². The maximum absolute atomic E-state index is 12.0. The van der Waals surface area contributed by atoms with Gasteiger partial charge >= 0.3 is 6.09 Å². The molecule has 2 aromatic rings. The number of hydrogen-bond donors (Lipinski definition) is 1. The first-order valence-electron chi connectivity index (χ1n) is 10.8. The molecule has 1 aliphatic heterocycles. The fraction of sp³-hybridized carbons (Fsp3) is 0.478. The number of likely N-dealkylation sites (tertiary alicyclic amines) is 1. The number of sulfone groups is 1. The summed E-state index contributed by atoms with van der Waals surface area (Å²) in [7, 11) is -3.19. The Morgan fingerprint density at radius 2 is 1.81 bits per heavy atom. The molecule has 0 bridgehead atoms. The number of piperidine rings is 1. The molecule has 2 heterocycles. The molecule has 1 aromatic carbocycles. The highest BCUT2D eigenvalue weighted by atomic mass is 32.2. The first-order chi connectivity index (χ1) is 14.9. The van der Waals surface area contributed by atoms with Crippen molar-refractivity contribution in [2.75, 3.05) is 37.8 Å². The van der Waals surface area contributed by atoms with Crippen LogP contribution in [0.4, 0.5) is 10.6 Å². The molecule has 1 saturated heterocycles. The quantitative estimate of drug-likeness (QED) is 0.612. The third-order valence-corrected chi connectivity index (χ3v) is 6.68. The second-order valence-electron chi connectivity index (χ2n) is 8.01. The van der Waals surface area contributed by atoms with Crippen molar-refractivity contribution in [2.24, 2.45) is 5.92 Å². The van der Waals surface area contributed by atoms with E-state index in [1.54, 1.807) is 35.4 Å². The van der Waals surface area contributed by atoms with Crippen molar-refractivity contribution in [1.29, 1.82) is 0 Å². The maximum Gasteiger partial charge on any atom is 0.409 e. The Morgan fingerprint density at radius 3 is 2.39 bits per heavy atom. The van der Waals surface area contributed by atoms with E-state index in [9.17, 15) is 13.2 Å². The summed E-state index contributed by atoms with van der Waals surface area (Å²) in [6, 6.07) is 10.7. The van der Waals surface area contributed by atoms with Crippen molar-refractivity contribution in [2.45, 2.75) is 37.5 Å². The molecule has 0 radical (unpaired) electrons. The average Bonchev–Trinajstić information content (AvgIpc) is 2.78. The first kappa shape index (κ1) is 23.1. The number of benzene rings is 1. The number of carbonyl (C=O) groups excluding carboxylic acids is 1. The lowest BCUT2D eigenvalue weighted by Gasteiger charge is -2.31. The summed E-state index contributed by atoms with van der Waals surface area (Å²) < 4.78 is 28.5. The van der Waals surface area contributed by atoms with Gasteiger partial charge in [0.1, 0.15) is 5.82 Å². The van der Waals surface area contributed by atoms with Crippen LogP contribution in [0.25, 0.3) is 11.1 Å². The van der Waals surface area contributed by atoms with Crippen LogP contribution >= 0.6 is 0 Å². The Balaban J connectivity index is 1.45. The van der Waals surface area contributed by atoms with E-state index in [2.05, 4.69) is 17.2 Å². The lowest BCUT2D eigenvalue weighted by atomic mass is 9.97. The number of nitrogens with one attached hydrogen (secondary N) is 1. The van der Waals surface area contributed by atoms with E-state index in [1.807, 2.05) is 12.1 Å². The minimum atomic E-state index is -3.19. The number of aromatic nitrogens is 1. The van der Waals surface area contributed by atoms with Crippen LogP contribution < -0.4 is 5.32 Å². The number of ether oxygens (including phenoxy) is 1. The Labute approximate surface area is 184 Å². The third-order valence-electron chi connectivity index (χ3n) is 5.55. The predicted octanol–water partition coefficient (Wildman–Crippen LogP) is 4.21. The van der Waals surface area contributed by atoms with E-state index in [4.69, 9.17) is 4.74 Å². The minimum Gasteiger partial charge on any atom is -0.449 e. The molecule has 0 unspecified atom stereocenters. The van der Waals surface area contributed by atoms with Gasteiger partial charge in [0.15, 0.2) is 9.84 Å². The topological polar surface area (TPSA) is 88.6 Å². The van der Waals surface area contributed by atoms with Gasteiger partial charge in [-0.05, 0) is 55.0 Å². The molecule has 1 N–H and O–H groups in total. The zero-order chi connectivity index (χ0) is 22.3. The lowest BCUT2D eigenvalue weighted by molar-refractivity contribution is 0.0876. The van der Waals surface area contributed by atoms with Gasteiger partial charge in [-0.25, -0.2) is 18.2 Å². The van der Waals surface area contributed by atoms with Gasteiger partial charge in [0.25, 0.3) is 0 Å². The van der Waals surface area contributed by atoms with E-state index in [-0.39, 0.29) is 6.09 Å². The average molecular weight is 446 g/mol. The predicted molar refractivity (Wildman–Crippen MR) is 122 cm³/mol. The fourth-order valence-corrected chi connectivity index (χ4v) is 4.16. The Kier molecular flexibility index (Phi) is 7.90. The van der Waals surface area contributed by atoms with E-state index in [0.717, 1.165) is 62.3 Å². The summed E-state index contributed by atoms with van der Waals surface area (Å²) in [5.41, 5.74) is 1.85. The van der Waals surface area contributed by atoms with Gasteiger partial charge in [-0.1, -0.05) is 25.5 Å². The number of rotatable bonds is 8. The fourth-order valence-electron chi connectivity index (χ4n) is 3.53. The summed E-state index contributed by atoms with van der Waals surface area (Å²) in [6.45, 7) is 4.85. The van der Waals surface area contributed by atoms with Crippen LogP contribution in [0.2, 0.25) is 0 Å². The number of carbonyl (C=O) groups is 1. The van der Waals surface area contributed by atoms with Gasteiger partial charge in [0.05, 0.1) is 11.5 Å². The van der Waals surface area contributed by atoms with E-state index < -0.39 is 9.84 Å². The summed E-state index contributed by atoms with van der Waals surface area (Å²) in [4.78, 5) is 18.6. The number of nitrogens with zero attached hydrogens (tertiary/aromatic N) is 2. The van der Waals surface area contributed by atoms with Crippen molar-refractivity contribution in [3.05, 3.63) is 42.6 Å². The summed E-state index contributed by atoms with van der Waals surface area (Å²) in [5.74, 6) is 1.29. The molecule has 0 saturated carbocycles. The van der Waals surface area contributed by atoms with Gasteiger partial charge in [0, 0.05) is 37.7 Å². The number of pyridine rings is 1. The molecule has 1 aromatic heterocycles. The van der Waals surface area contributed by atoms with Gasteiger partial charge in [-0.2, -0.15) is 0 Å². The van der Waals surface area contributed by atoms with Gasteiger partial charge in [-0.3, -0.25) is 0 Å². The van der Waals surface area contributed by atoms with Crippen LogP contribution in [-0.4, -0.2) is 56.9 Å². The first-order valence-corrected chi connectivity index (χ1v) is 12.7. The highest BCUT2D eigenvalue weighted by Gasteiger charge is 2.23. The Hall–Kier alpha value is -2.61. The highest BCUT2D eigenvalue weighted by molar-refractivity contribution is 7.90. The molecule has 7 nitrogen and oxygen atoms in total. The van der Waals surface area contributed by atoms with Crippen LogP contribution in [0.1, 0.15) is 32.6 Å². The van der Waals surface area contributed by atoms with Crippen molar-refractivity contribution >= 4 is 21.7 Å². The van der Waals surface area contributed by atoms with Crippen LogP contribution in [0.5, 0.6) is 0 Å². The molecule has 0 atom stereocenters. The molecule has 8 heteroatoms. The molecular weight excluding hydrogens is 414 g/mol. The van der Waals surface area contributed by atoms with Gasteiger partial charge in [0.2, 0.25) is 0 Å². The summed E-state index contributed by atoms with van der Waals surface area (Å²) >= 11 is 0. The van der Waals surface area contributed by atoms with Crippen molar-refractivity contribution in [1.82, 2.24) is 9.88 Å². The Morgan fingerprint density at radius 1 is 1.13 bits per heavy atom. The zero-order valence-corrected chi connectivity index (χ0v) is 19.0. The molecule has 1 fully saturated rings. The lowest BCUT2D eigenvalue weighted by Crippen LogP contribution is -2.40.